The number of fused-ring (bicyclic) bond motifs is 1. The number of benzene rings is 1. The van der Waals surface area contributed by atoms with Gasteiger partial charge in [-0.05, 0) is 38.1 Å². The Balaban J connectivity index is 1.95. The van der Waals surface area contributed by atoms with Gasteiger partial charge in [0.2, 0.25) is 5.95 Å². The zero-order valence-corrected chi connectivity index (χ0v) is 12.2. The Bertz CT molecular complexity index is 607. The lowest BCUT2D eigenvalue weighted by Crippen LogP contribution is -2.33. The van der Waals surface area contributed by atoms with Gasteiger partial charge in [-0.25, -0.2) is 4.98 Å². The van der Waals surface area contributed by atoms with Crippen LogP contribution in [0.15, 0.2) is 18.2 Å². The number of hydrogen-bond donors (Lipinski definition) is 1. The van der Waals surface area contributed by atoms with E-state index in [0.29, 0.717) is 12.0 Å². The molecule has 2 N–H and O–H groups in total. The maximum absolute atomic E-state index is 6.10. The van der Waals surface area contributed by atoms with E-state index in [9.17, 15) is 0 Å². The van der Waals surface area contributed by atoms with E-state index in [-0.39, 0.29) is 0 Å². The molecule has 0 spiro atoms. The van der Waals surface area contributed by atoms with Gasteiger partial charge in [0.25, 0.3) is 0 Å². The minimum Gasteiger partial charge on any atom is -0.497 e. The van der Waals surface area contributed by atoms with Crippen LogP contribution in [0.2, 0.25) is 0 Å². The Morgan fingerprint density at radius 1 is 1.45 bits per heavy atom. The third kappa shape index (κ3) is 2.22. The van der Waals surface area contributed by atoms with Crippen LogP contribution < -0.4 is 10.5 Å². The largest absolute Gasteiger partial charge is 0.497 e. The maximum atomic E-state index is 6.10. The van der Waals surface area contributed by atoms with E-state index in [1.54, 1.807) is 7.11 Å². The Kier molecular flexibility index (Phi) is 3.53. The van der Waals surface area contributed by atoms with Crippen molar-refractivity contribution >= 4 is 17.0 Å². The first kappa shape index (κ1) is 13.2. The molecule has 108 valence electrons. The van der Waals surface area contributed by atoms with Crippen molar-refractivity contribution in [3.63, 3.8) is 0 Å². The van der Waals surface area contributed by atoms with Gasteiger partial charge in [-0.2, -0.15) is 0 Å². The third-order valence-corrected chi connectivity index (χ3v) is 4.28. The van der Waals surface area contributed by atoms with Crippen molar-refractivity contribution in [2.45, 2.75) is 32.4 Å². The minimum atomic E-state index is 0.561. The first-order valence-electron chi connectivity index (χ1n) is 7.26. The fourth-order valence-corrected chi connectivity index (χ4v) is 3.17. The van der Waals surface area contributed by atoms with E-state index in [4.69, 9.17) is 10.5 Å². The molecule has 1 aliphatic rings. The summed E-state index contributed by atoms with van der Waals surface area (Å²) in [5.74, 6) is 1.44. The van der Waals surface area contributed by atoms with Crippen LogP contribution in [-0.2, 0) is 6.54 Å². The van der Waals surface area contributed by atoms with Crippen molar-refractivity contribution in [1.29, 1.82) is 0 Å². The topological polar surface area (TPSA) is 56.3 Å². The number of likely N-dealkylation sites (tertiary alicyclic amines) is 1. The highest BCUT2D eigenvalue weighted by molar-refractivity contribution is 5.79. The van der Waals surface area contributed by atoms with Crippen molar-refractivity contribution in [3.05, 3.63) is 18.2 Å². The number of rotatable bonds is 4. The number of anilines is 1. The molecule has 0 radical (unpaired) electrons. The monoisotopic (exact) mass is 274 g/mol. The van der Waals surface area contributed by atoms with Crippen molar-refractivity contribution in [2.24, 2.45) is 0 Å². The molecule has 3 rings (SSSR count). The van der Waals surface area contributed by atoms with Crippen LogP contribution in [-0.4, -0.2) is 40.7 Å². The van der Waals surface area contributed by atoms with Gasteiger partial charge in [0.1, 0.15) is 5.75 Å². The van der Waals surface area contributed by atoms with Crippen LogP contribution in [0.3, 0.4) is 0 Å². The van der Waals surface area contributed by atoms with Crippen LogP contribution in [0.1, 0.15) is 19.8 Å². The summed E-state index contributed by atoms with van der Waals surface area (Å²) in [4.78, 5) is 6.97. The predicted octanol–water partition coefficient (Wildman–Crippen LogP) is 2.11. The van der Waals surface area contributed by atoms with Gasteiger partial charge in [-0.3, -0.25) is 4.90 Å². The molecule has 1 aromatic heterocycles. The Hall–Kier alpha value is -1.75. The van der Waals surface area contributed by atoms with Crippen LogP contribution in [0.5, 0.6) is 5.75 Å². The van der Waals surface area contributed by atoms with Gasteiger partial charge in [0.05, 0.1) is 18.1 Å². The number of aromatic nitrogens is 2. The fraction of sp³-hybridized carbons (Fsp3) is 0.533. The van der Waals surface area contributed by atoms with E-state index in [0.717, 1.165) is 29.9 Å². The number of nitrogens with two attached hydrogens (primary N) is 1. The van der Waals surface area contributed by atoms with E-state index < -0.39 is 0 Å². The molecule has 2 aromatic rings. The quantitative estimate of drug-likeness (QED) is 0.927. The number of ether oxygens (including phenoxy) is 1. The van der Waals surface area contributed by atoms with E-state index in [2.05, 4.69) is 21.4 Å². The van der Waals surface area contributed by atoms with Gasteiger partial charge in [0, 0.05) is 18.7 Å². The van der Waals surface area contributed by atoms with Crippen molar-refractivity contribution in [1.82, 2.24) is 14.5 Å². The second-order valence-electron chi connectivity index (χ2n) is 5.36. The predicted molar refractivity (Wildman–Crippen MR) is 81.0 cm³/mol. The first-order valence-corrected chi connectivity index (χ1v) is 7.26. The fourth-order valence-electron chi connectivity index (χ4n) is 3.17. The van der Waals surface area contributed by atoms with Gasteiger partial charge in [0.15, 0.2) is 0 Å². The molecule has 1 atom stereocenters. The molecule has 1 fully saturated rings. The van der Waals surface area contributed by atoms with Gasteiger partial charge >= 0.3 is 0 Å². The van der Waals surface area contributed by atoms with E-state index in [1.807, 2.05) is 18.2 Å². The Morgan fingerprint density at radius 3 is 3.05 bits per heavy atom. The number of nitrogens with zero attached hydrogens (tertiary/aromatic N) is 3. The highest BCUT2D eigenvalue weighted by Crippen LogP contribution is 2.26. The summed E-state index contributed by atoms with van der Waals surface area (Å²) >= 11 is 0. The molecule has 20 heavy (non-hydrogen) atoms. The van der Waals surface area contributed by atoms with Crippen LogP contribution in [0.25, 0.3) is 11.0 Å². The molecule has 1 aromatic carbocycles. The first-order chi connectivity index (χ1) is 9.72. The van der Waals surface area contributed by atoms with Crippen molar-refractivity contribution < 1.29 is 4.74 Å². The lowest BCUT2D eigenvalue weighted by molar-refractivity contribution is 0.246. The summed E-state index contributed by atoms with van der Waals surface area (Å²) in [6.07, 6.45) is 2.51. The summed E-state index contributed by atoms with van der Waals surface area (Å²) in [7, 11) is 1.68. The number of hydrogen-bond acceptors (Lipinski definition) is 4. The zero-order chi connectivity index (χ0) is 14.1. The summed E-state index contributed by atoms with van der Waals surface area (Å²) in [5, 5.41) is 0. The second-order valence-corrected chi connectivity index (χ2v) is 5.36. The Morgan fingerprint density at radius 2 is 2.30 bits per heavy atom. The molecule has 1 aliphatic heterocycles. The highest BCUT2D eigenvalue weighted by atomic mass is 16.5. The summed E-state index contributed by atoms with van der Waals surface area (Å²) in [6, 6.07) is 6.47. The van der Waals surface area contributed by atoms with Crippen LogP contribution in [0.4, 0.5) is 5.95 Å². The summed E-state index contributed by atoms with van der Waals surface area (Å²) in [5.41, 5.74) is 8.10. The molecule has 5 nitrogen and oxygen atoms in total. The smallest absolute Gasteiger partial charge is 0.201 e. The number of nitrogen functional groups attached to an aromatic ring is 1. The molecule has 1 unspecified atom stereocenters. The molecule has 0 amide bonds. The molecule has 2 heterocycles. The molecule has 1 saturated heterocycles. The molecular formula is C15H22N4O. The van der Waals surface area contributed by atoms with Crippen molar-refractivity contribution in [3.8, 4) is 5.75 Å². The standard InChI is InChI=1S/C15H22N4O/c1-3-18-8-4-5-11(18)10-19-14-9-12(20-2)6-7-13(14)17-15(19)16/h6-7,9,11H,3-5,8,10H2,1-2H3,(H2,16,17). The van der Waals surface area contributed by atoms with E-state index >= 15 is 0 Å². The van der Waals surface area contributed by atoms with Gasteiger partial charge < -0.3 is 15.0 Å². The molecular weight excluding hydrogens is 252 g/mol. The normalized spacial score (nSPS) is 19.8. The lowest BCUT2D eigenvalue weighted by atomic mass is 10.2. The average Bonchev–Trinajstić information content (AvgIpc) is 3.03. The highest BCUT2D eigenvalue weighted by Gasteiger charge is 2.24. The average molecular weight is 274 g/mol. The number of imidazole rings is 1. The SMILES string of the molecule is CCN1CCCC1Cn1c(N)nc2ccc(OC)cc21. The molecule has 5 heteroatoms. The molecule has 0 saturated carbocycles. The lowest BCUT2D eigenvalue weighted by Gasteiger charge is -2.23. The number of likely N-dealkylation sites (N-methyl/N-ethyl adjacent to an activating group) is 1. The summed E-state index contributed by atoms with van der Waals surface area (Å²) in [6.45, 7) is 5.41. The van der Waals surface area contributed by atoms with E-state index in [1.165, 1.54) is 19.4 Å². The summed E-state index contributed by atoms with van der Waals surface area (Å²) < 4.78 is 7.43. The Labute approximate surface area is 119 Å². The van der Waals surface area contributed by atoms with Crippen LogP contribution >= 0.6 is 0 Å². The molecule has 0 aliphatic carbocycles. The third-order valence-electron chi connectivity index (χ3n) is 4.28. The minimum absolute atomic E-state index is 0.561. The van der Waals surface area contributed by atoms with Crippen LogP contribution in [0, 0.1) is 0 Å². The van der Waals surface area contributed by atoms with Gasteiger partial charge in [-0.15, -0.1) is 0 Å². The zero-order valence-electron chi connectivity index (χ0n) is 12.2. The second kappa shape index (κ2) is 5.32. The molecule has 0 bridgehead atoms. The van der Waals surface area contributed by atoms with Gasteiger partial charge in [-0.1, -0.05) is 6.92 Å². The van der Waals surface area contributed by atoms with Crippen molar-refractivity contribution in [2.75, 3.05) is 25.9 Å². The maximum Gasteiger partial charge on any atom is 0.201 e. The number of methoxy groups -OCH3 is 1.